The molecular formula is C17H13NO2. The zero-order valence-electron chi connectivity index (χ0n) is 11.0. The third-order valence-electron chi connectivity index (χ3n) is 2.84. The average molecular weight is 263 g/mol. The Kier molecular flexibility index (Phi) is 4.31. The van der Waals surface area contributed by atoms with E-state index < -0.39 is 0 Å². The molecule has 3 nitrogen and oxygen atoms in total. The number of hydrogen-bond acceptors (Lipinski definition) is 3. The van der Waals surface area contributed by atoms with Crippen LogP contribution in [0.5, 0.6) is 0 Å². The second-order valence-electron chi connectivity index (χ2n) is 4.15. The number of esters is 1. The van der Waals surface area contributed by atoms with Crippen LogP contribution < -0.4 is 0 Å². The normalized spacial score (nSPS) is 10.7. The molecule has 2 aromatic carbocycles. The summed E-state index contributed by atoms with van der Waals surface area (Å²) in [5.41, 5.74) is 2.70. The van der Waals surface area contributed by atoms with Gasteiger partial charge in [0.25, 0.3) is 0 Å². The van der Waals surface area contributed by atoms with Crippen LogP contribution in [0.4, 0.5) is 0 Å². The van der Waals surface area contributed by atoms with Crippen molar-refractivity contribution in [2.24, 2.45) is 0 Å². The molecule has 98 valence electrons. The molecular weight excluding hydrogens is 250 g/mol. The van der Waals surface area contributed by atoms with Crippen molar-refractivity contribution in [3.05, 3.63) is 71.3 Å². The number of ether oxygens (including phenoxy) is 1. The van der Waals surface area contributed by atoms with Gasteiger partial charge in [-0.3, -0.25) is 0 Å². The zero-order valence-corrected chi connectivity index (χ0v) is 11.0. The monoisotopic (exact) mass is 263 g/mol. The summed E-state index contributed by atoms with van der Waals surface area (Å²) in [5, 5.41) is 8.78. The number of benzene rings is 2. The van der Waals surface area contributed by atoms with Gasteiger partial charge in [-0.2, -0.15) is 5.26 Å². The van der Waals surface area contributed by atoms with Gasteiger partial charge in [-0.05, 0) is 29.3 Å². The van der Waals surface area contributed by atoms with Gasteiger partial charge in [0, 0.05) is 0 Å². The van der Waals surface area contributed by atoms with E-state index in [2.05, 4.69) is 6.07 Å². The maximum absolute atomic E-state index is 11.9. The average Bonchev–Trinajstić information content (AvgIpc) is 2.53. The summed E-state index contributed by atoms with van der Waals surface area (Å²) in [6.45, 7) is 0. The number of nitrogens with zero attached hydrogens (tertiary/aromatic N) is 1. The van der Waals surface area contributed by atoms with Crippen molar-refractivity contribution in [3.8, 4) is 6.07 Å². The molecule has 0 aliphatic heterocycles. The fourth-order valence-electron chi connectivity index (χ4n) is 1.81. The van der Waals surface area contributed by atoms with Gasteiger partial charge in [0.1, 0.15) is 0 Å². The molecule has 0 bridgehead atoms. The molecule has 0 fully saturated rings. The molecule has 0 heterocycles. The van der Waals surface area contributed by atoms with Crippen molar-refractivity contribution in [1.29, 1.82) is 5.26 Å². The molecule has 2 rings (SSSR count). The van der Waals surface area contributed by atoms with Crippen molar-refractivity contribution in [2.75, 3.05) is 7.11 Å². The van der Waals surface area contributed by atoms with Gasteiger partial charge in [-0.25, -0.2) is 4.79 Å². The molecule has 0 atom stereocenters. The Labute approximate surface area is 117 Å². The highest BCUT2D eigenvalue weighted by Gasteiger charge is 2.11. The highest BCUT2D eigenvalue weighted by Crippen LogP contribution is 2.19. The molecule has 3 heteroatoms. The third-order valence-corrected chi connectivity index (χ3v) is 2.84. The summed E-state index contributed by atoms with van der Waals surface area (Å²) in [6.07, 6.45) is 1.75. The minimum atomic E-state index is -0.388. The first-order valence-electron chi connectivity index (χ1n) is 6.10. The molecule has 0 N–H and O–H groups in total. The third kappa shape index (κ3) is 3.12. The first-order chi connectivity index (χ1) is 9.74. The van der Waals surface area contributed by atoms with Gasteiger partial charge in [-0.15, -0.1) is 0 Å². The maximum Gasteiger partial charge on any atom is 0.338 e. The van der Waals surface area contributed by atoms with Gasteiger partial charge in [0.2, 0.25) is 0 Å². The number of nitriles is 1. The summed E-state index contributed by atoms with van der Waals surface area (Å²) < 4.78 is 4.82. The SMILES string of the molecule is COC(=O)/C(=C/c1ccc(C#N)cc1)c1ccccc1. The number of hydrogen-bond donors (Lipinski definition) is 0. The zero-order chi connectivity index (χ0) is 14.4. The quantitative estimate of drug-likeness (QED) is 0.485. The Hall–Kier alpha value is -2.86. The van der Waals surface area contributed by atoms with E-state index in [9.17, 15) is 4.79 Å². The predicted octanol–water partition coefficient (Wildman–Crippen LogP) is 3.27. The van der Waals surface area contributed by atoms with Crippen molar-refractivity contribution in [2.45, 2.75) is 0 Å². The molecule has 2 aromatic rings. The van der Waals surface area contributed by atoms with Gasteiger partial charge in [-0.1, -0.05) is 42.5 Å². The van der Waals surface area contributed by atoms with E-state index >= 15 is 0 Å². The predicted molar refractivity (Wildman–Crippen MR) is 77.5 cm³/mol. The first-order valence-corrected chi connectivity index (χ1v) is 6.10. The first kappa shape index (κ1) is 13.6. The Morgan fingerprint density at radius 3 is 2.30 bits per heavy atom. The summed E-state index contributed by atoms with van der Waals surface area (Å²) in [7, 11) is 1.36. The smallest absolute Gasteiger partial charge is 0.338 e. The van der Waals surface area contributed by atoms with E-state index in [1.807, 2.05) is 30.3 Å². The molecule has 0 unspecified atom stereocenters. The van der Waals surface area contributed by atoms with Crippen LogP contribution in [0.2, 0.25) is 0 Å². The summed E-state index contributed by atoms with van der Waals surface area (Å²) in [5.74, 6) is -0.388. The van der Waals surface area contributed by atoms with E-state index in [4.69, 9.17) is 10.00 Å². The summed E-state index contributed by atoms with van der Waals surface area (Å²) >= 11 is 0. The minimum Gasteiger partial charge on any atom is -0.465 e. The van der Waals surface area contributed by atoms with E-state index in [1.165, 1.54) is 7.11 Å². The van der Waals surface area contributed by atoms with Gasteiger partial charge >= 0.3 is 5.97 Å². The van der Waals surface area contributed by atoms with Crippen molar-refractivity contribution in [1.82, 2.24) is 0 Å². The lowest BCUT2D eigenvalue weighted by Gasteiger charge is -2.06. The van der Waals surface area contributed by atoms with Crippen molar-refractivity contribution in [3.63, 3.8) is 0 Å². The van der Waals surface area contributed by atoms with Crippen LogP contribution in [-0.4, -0.2) is 13.1 Å². The molecule has 0 spiro atoms. The lowest BCUT2D eigenvalue weighted by atomic mass is 10.0. The van der Waals surface area contributed by atoms with Gasteiger partial charge < -0.3 is 4.74 Å². The highest BCUT2D eigenvalue weighted by atomic mass is 16.5. The number of methoxy groups -OCH3 is 1. The Morgan fingerprint density at radius 2 is 1.75 bits per heavy atom. The number of carbonyl (C=O) groups excluding carboxylic acids is 1. The topological polar surface area (TPSA) is 50.1 Å². The largest absolute Gasteiger partial charge is 0.465 e. The molecule has 20 heavy (non-hydrogen) atoms. The summed E-state index contributed by atoms with van der Waals surface area (Å²) in [4.78, 5) is 11.9. The Morgan fingerprint density at radius 1 is 1.10 bits per heavy atom. The molecule has 0 aliphatic rings. The van der Waals surface area contributed by atoms with E-state index in [-0.39, 0.29) is 5.97 Å². The van der Waals surface area contributed by atoms with Crippen LogP contribution in [0.15, 0.2) is 54.6 Å². The maximum atomic E-state index is 11.9. The highest BCUT2D eigenvalue weighted by molar-refractivity contribution is 6.21. The lowest BCUT2D eigenvalue weighted by molar-refractivity contribution is -0.133. The van der Waals surface area contributed by atoms with Crippen molar-refractivity contribution < 1.29 is 9.53 Å². The Balaban J connectivity index is 2.43. The lowest BCUT2D eigenvalue weighted by Crippen LogP contribution is -2.03. The Bertz CT molecular complexity index is 664. The van der Waals surface area contributed by atoms with Crippen LogP contribution in [0.3, 0.4) is 0 Å². The fourth-order valence-corrected chi connectivity index (χ4v) is 1.81. The minimum absolute atomic E-state index is 0.388. The standard InChI is InChI=1S/C17H13NO2/c1-20-17(19)16(15-5-3-2-4-6-15)11-13-7-9-14(12-18)10-8-13/h2-11H,1H3/b16-11+. The molecule has 0 aliphatic carbocycles. The van der Waals surface area contributed by atoms with Crippen LogP contribution in [-0.2, 0) is 9.53 Å². The van der Waals surface area contributed by atoms with E-state index in [0.717, 1.165) is 11.1 Å². The second kappa shape index (κ2) is 6.35. The molecule has 0 radical (unpaired) electrons. The fraction of sp³-hybridized carbons (Fsp3) is 0.0588. The second-order valence-corrected chi connectivity index (χ2v) is 4.15. The van der Waals surface area contributed by atoms with Crippen molar-refractivity contribution >= 4 is 17.6 Å². The van der Waals surface area contributed by atoms with Crippen LogP contribution >= 0.6 is 0 Å². The molecule has 0 aromatic heterocycles. The number of carbonyl (C=O) groups is 1. The van der Waals surface area contributed by atoms with Gasteiger partial charge in [0.15, 0.2) is 0 Å². The van der Waals surface area contributed by atoms with E-state index in [1.54, 1.807) is 30.3 Å². The molecule has 0 saturated heterocycles. The summed E-state index contributed by atoms with van der Waals surface area (Å²) in [6, 6.07) is 18.4. The van der Waals surface area contributed by atoms with Crippen LogP contribution in [0.1, 0.15) is 16.7 Å². The number of rotatable bonds is 3. The van der Waals surface area contributed by atoms with E-state index in [0.29, 0.717) is 11.1 Å². The molecule has 0 amide bonds. The van der Waals surface area contributed by atoms with Crippen LogP contribution in [0, 0.1) is 11.3 Å². The van der Waals surface area contributed by atoms with Crippen LogP contribution in [0.25, 0.3) is 11.6 Å². The molecule has 0 saturated carbocycles. The van der Waals surface area contributed by atoms with Gasteiger partial charge in [0.05, 0.1) is 24.3 Å².